The first-order valence-electron chi connectivity index (χ1n) is 10.6. The Bertz CT molecular complexity index is 944. The summed E-state index contributed by atoms with van der Waals surface area (Å²) in [6.45, 7) is 10.3. The van der Waals surface area contributed by atoms with Gasteiger partial charge in [-0.1, -0.05) is 19.1 Å². The van der Waals surface area contributed by atoms with Gasteiger partial charge in [0.15, 0.2) is 0 Å². The molecule has 0 atom stereocenters. The number of anilines is 1. The van der Waals surface area contributed by atoms with Crippen molar-refractivity contribution in [3.8, 4) is 0 Å². The standard InChI is InChI=1S/C23H30N6/c1-4-11-29(16-19-15-24-21-7-5-6-8-22(21)27-19)20-9-12-28(13-10-20)23-14-17(2)25-18(3)26-23/h5-8,14-15,20H,4,9-13,16H2,1-3H3. The largest absolute Gasteiger partial charge is 0.356 e. The summed E-state index contributed by atoms with van der Waals surface area (Å²) in [6, 6.07) is 10.8. The first kappa shape index (κ1) is 19.7. The number of benzene rings is 1. The summed E-state index contributed by atoms with van der Waals surface area (Å²) in [5.74, 6) is 1.92. The van der Waals surface area contributed by atoms with Crippen LogP contribution in [-0.4, -0.2) is 50.5 Å². The molecule has 0 amide bonds. The highest BCUT2D eigenvalue weighted by atomic mass is 15.2. The monoisotopic (exact) mass is 390 g/mol. The Labute approximate surface area is 173 Å². The molecule has 1 saturated heterocycles. The molecule has 0 saturated carbocycles. The average molecular weight is 391 g/mol. The van der Waals surface area contributed by atoms with Crippen LogP contribution in [0.4, 0.5) is 5.82 Å². The van der Waals surface area contributed by atoms with Crippen molar-refractivity contribution >= 4 is 16.9 Å². The molecule has 1 aromatic carbocycles. The molecule has 4 rings (SSSR count). The lowest BCUT2D eigenvalue weighted by molar-refractivity contribution is 0.158. The van der Waals surface area contributed by atoms with Crippen LogP contribution in [0.5, 0.6) is 0 Å². The molecule has 152 valence electrons. The molecule has 6 heteroatoms. The van der Waals surface area contributed by atoms with Gasteiger partial charge in [-0.2, -0.15) is 0 Å². The maximum atomic E-state index is 4.84. The number of para-hydroxylation sites is 2. The van der Waals surface area contributed by atoms with E-state index in [1.165, 1.54) is 0 Å². The highest BCUT2D eigenvalue weighted by Gasteiger charge is 2.25. The third kappa shape index (κ3) is 4.70. The molecule has 29 heavy (non-hydrogen) atoms. The van der Waals surface area contributed by atoms with Crippen molar-refractivity contribution in [3.63, 3.8) is 0 Å². The van der Waals surface area contributed by atoms with E-state index >= 15 is 0 Å². The molecule has 0 bridgehead atoms. The molecule has 2 aromatic heterocycles. The van der Waals surface area contributed by atoms with Gasteiger partial charge in [-0.3, -0.25) is 9.88 Å². The number of nitrogens with zero attached hydrogens (tertiary/aromatic N) is 6. The predicted octanol–water partition coefficient (Wildman–Crippen LogP) is 3.92. The smallest absolute Gasteiger partial charge is 0.132 e. The maximum Gasteiger partial charge on any atom is 0.132 e. The van der Waals surface area contributed by atoms with Crippen LogP contribution in [-0.2, 0) is 6.54 Å². The Balaban J connectivity index is 1.43. The van der Waals surface area contributed by atoms with Gasteiger partial charge in [-0.25, -0.2) is 15.0 Å². The normalized spacial score (nSPS) is 15.4. The molecular formula is C23H30N6. The van der Waals surface area contributed by atoms with E-state index in [1.54, 1.807) is 0 Å². The molecule has 3 aromatic rings. The van der Waals surface area contributed by atoms with Crippen LogP contribution >= 0.6 is 0 Å². The number of hydrogen-bond acceptors (Lipinski definition) is 6. The van der Waals surface area contributed by atoms with Crippen molar-refractivity contribution in [1.29, 1.82) is 0 Å². The molecule has 0 spiro atoms. The third-order valence-electron chi connectivity index (χ3n) is 5.63. The van der Waals surface area contributed by atoms with Gasteiger partial charge in [-0.05, 0) is 51.8 Å². The van der Waals surface area contributed by atoms with Gasteiger partial charge in [-0.15, -0.1) is 0 Å². The zero-order valence-electron chi connectivity index (χ0n) is 17.7. The number of aromatic nitrogens is 4. The summed E-state index contributed by atoms with van der Waals surface area (Å²) in [4.78, 5) is 23.5. The molecule has 0 unspecified atom stereocenters. The van der Waals surface area contributed by atoms with E-state index in [9.17, 15) is 0 Å². The predicted molar refractivity (Wildman–Crippen MR) is 117 cm³/mol. The zero-order valence-corrected chi connectivity index (χ0v) is 17.7. The quantitative estimate of drug-likeness (QED) is 0.636. The molecule has 3 heterocycles. The minimum atomic E-state index is 0.573. The van der Waals surface area contributed by atoms with Crippen LogP contribution in [0.15, 0.2) is 36.5 Å². The maximum absolute atomic E-state index is 4.84. The van der Waals surface area contributed by atoms with Crippen LogP contribution in [0, 0.1) is 13.8 Å². The van der Waals surface area contributed by atoms with E-state index in [0.29, 0.717) is 6.04 Å². The molecule has 1 aliphatic heterocycles. The first-order valence-corrected chi connectivity index (χ1v) is 10.6. The van der Waals surface area contributed by atoms with Crippen molar-refractivity contribution in [1.82, 2.24) is 24.8 Å². The van der Waals surface area contributed by atoms with E-state index in [2.05, 4.69) is 37.7 Å². The summed E-state index contributed by atoms with van der Waals surface area (Å²) < 4.78 is 0. The minimum Gasteiger partial charge on any atom is -0.356 e. The van der Waals surface area contributed by atoms with Crippen molar-refractivity contribution in [2.75, 3.05) is 24.5 Å². The first-order chi connectivity index (χ1) is 14.1. The van der Waals surface area contributed by atoms with E-state index in [1.807, 2.05) is 44.3 Å². The van der Waals surface area contributed by atoms with E-state index < -0.39 is 0 Å². The summed E-state index contributed by atoms with van der Waals surface area (Å²) in [7, 11) is 0. The summed E-state index contributed by atoms with van der Waals surface area (Å²) in [6.07, 6.45) is 5.37. The lowest BCUT2D eigenvalue weighted by Gasteiger charge is -2.39. The fourth-order valence-corrected chi connectivity index (χ4v) is 4.28. The van der Waals surface area contributed by atoms with E-state index in [0.717, 1.165) is 79.5 Å². The second-order valence-corrected chi connectivity index (χ2v) is 7.95. The summed E-state index contributed by atoms with van der Waals surface area (Å²) >= 11 is 0. The average Bonchev–Trinajstić information content (AvgIpc) is 2.73. The Kier molecular flexibility index (Phi) is 6.00. The van der Waals surface area contributed by atoms with Gasteiger partial charge >= 0.3 is 0 Å². The fraction of sp³-hybridized carbons (Fsp3) is 0.478. The third-order valence-corrected chi connectivity index (χ3v) is 5.63. The molecule has 0 N–H and O–H groups in total. The van der Waals surface area contributed by atoms with Crippen molar-refractivity contribution in [3.05, 3.63) is 53.7 Å². The fourth-order valence-electron chi connectivity index (χ4n) is 4.28. The van der Waals surface area contributed by atoms with Crippen LogP contribution in [0.2, 0.25) is 0 Å². The highest BCUT2D eigenvalue weighted by molar-refractivity contribution is 5.73. The molecule has 1 fully saturated rings. The zero-order chi connectivity index (χ0) is 20.2. The molecular weight excluding hydrogens is 360 g/mol. The van der Waals surface area contributed by atoms with Crippen molar-refractivity contribution < 1.29 is 0 Å². The Hall–Kier alpha value is -2.60. The van der Waals surface area contributed by atoms with Crippen LogP contribution < -0.4 is 4.90 Å². The Morgan fingerprint density at radius 3 is 2.52 bits per heavy atom. The second-order valence-electron chi connectivity index (χ2n) is 7.95. The SMILES string of the molecule is CCCN(Cc1cnc2ccccc2n1)C1CCN(c2cc(C)nc(C)n2)CC1. The summed E-state index contributed by atoms with van der Waals surface area (Å²) in [5.41, 5.74) is 4.03. The van der Waals surface area contributed by atoms with Gasteiger partial charge in [0.25, 0.3) is 0 Å². The van der Waals surface area contributed by atoms with Crippen molar-refractivity contribution in [2.24, 2.45) is 0 Å². The molecule has 0 radical (unpaired) electrons. The highest BCUT2D eigenvalue weighted by Crippen LogP contribution is 2.23. The Morgan fingerprint density at radius 2 is 1.79 bits per heavy atom. The lowest BCUT2D eigenvalue weighted by Crippen LogP contribution is -2.45. The second kappa shape index (κ2) is 8.82. The van der Waals surface area contributed by atoms with Crippen LogP contribution in [0.25, 0.3) is 11.0 Å². The number of piperidine rings is 1. The summed E-state index contributed by atoms with van der Waals surface area (Å²) in [5, 5.41) is 0. The van der Waals surface area contributed by atoms with Crippen LogP contribution in [0.3, 0.4) is 0 Å². The Morgan fingerprint density at radius 1 is 1.03 bits per heavy atom. The lowest BCUT2D eigenvalue weighted by atomic mass is 10.0. The van der Waals surface area contributed by atoms with Gasteiger partial charge in [0.1, 0.15) is 11.6 Å². The van der Waals surface area contributed by atoms with Gasteiger partial charge in [0.05, 0.1) is 22.9 Å². The van der Waals surface area contributed by atoms with Crippen molar-refractivity contribution in [2.45, 2.75) is 52.6 Å². The number of aryl methyl sites for hydroxylation is 2. The minimum absolute atomic E-state index is 0.573. The number of rotatable bonds is 6. The van der Waals surface area contributed by atoms with Gasteiger partial charge in [0.2, 0.25) is 0 Å². The van der Waals surface area contributed by atoms with Gasteiger partial charge < -0.3 is 4.90 Å². The molecule has 6 nitrogen and oxygen atoms in total. The molecule has 0 aliphatic carbocycles. The van der Waals surface area contributed by atoms with E-state index in [-0.39, 0.29) is 0 Å². The van der Waals surface area contributed by atoms with Crippen LogP contribution in [0.1, 0.15) is 43.4 Å². The topological polar surface area (TPSA) is 58.0 Å². The number of fused-ring (bicyclic) bond motifs is 1. The molecule has 1 aliphatic rings. The number of hydrogen-bond donors (Lipinski definition) is 0. The van der Waals surface area contributed by atoms with Gasteiger partial charge in [0, 0.05) is 37.4 Å². The van der Waals surface area contributed by atoms with E-state index in [4.69, 9.17) is 4.98 Å².